The van der Waals surface area contributed by atoms with Gasteiger partial charge in [0.1, 0.15) is 11.6 Å². The van der Waals surface area contributed by atoms with E-state index < -0.39 is 0 Å². The second kappa shape index (κ2) is 10.2. The van der Waals surface area contributed by atoms with Crippen LogP contribution in [0, 0.1) is 25.2 Å². The third-order valence-corrected chi connectivity index (χ3v) is 6.01. The highest BCUT2D eigenvalue weighted by atomic mass is 32.1. The van der Waals surface area contributed by atoms with Gasteiger partial charge in [0.05, 0.1) is 22.9 Å². The van der Waals surface area contributed by atoms with E-state index in [0.717, 1.165) is 32.3 Å². The standard InChI is InChI=1S/C23H27N5O2S/c1-15-11-18(17(3)28(15)16(2)14-30-4)12-19(13-24)22(29)25-9-10-26-23-27-20-7-5-6-8-21(20)31-23/h5-8,11-12,16H,9-10,14H2,1-4H3,(H,25,29)(H,26,27)/b19-12-/t16-/m0/s1. The first kappa shape index (κ1) is 22.5. The molecule has 2 N–H and O–H groups in total. The summed E-state index contributed by atoms with van der Waals surface area (Å²) in [5.41, 5.74) is 3.96. The molecule has 0 fully saturated rings. The predicted octanol–water partition coefficient (Wildman–Crippen LogP) is 4.06. The van der Waals surface area contributed by atoms with Crippen molar-refractivity contribution >= 4 is 38.7 Å². The molecule has 2 aromatic heterocycles. The zero-order chi connectivity index (χ0) is 22.4. The van der Waals surface area contributed by atoms with Gasteiger partial charge in [0.25, 0.3) is 5.91 Å². The van der Waals surface area contributed by atoms with E-state index in [1.54, 1.807) is 24.5 Å². The second-order valence-corrected chi connectivity index (χ2v) is 8.37. The van der Waals surface area contributed by atoms with Crippen molar-refractivity contribution in [2.45, 2.75) is 26.8 Å². The first-order valence-electron chi connectivity index (χ1n) is 10.1. The third-order valence-electron chi connectivity index (χ3n) is 5.02. The van der Waals surface area contributed by atoms with E-state index in [4.69, 9.17) is 4.74 Å². The van der Waals surface area contributed by atoms with E-state index in [2.05, 4.69) is 27.1 Å². The predicted molar refractivity (Wildman–Crippen MR) is 125 cm³/mol. The van der Waals surface area contributed by atoms with Crippen LogP contribution in [0.25, 0.3) is 16.3 Å². The zero-order valence-electron chi connectivity index (χ0n) is 18.2. The summed E-state index contributed by atoms with van der Waals surface area (Å²) in [6, 6.07) is 12.1. The van der Waals surface area contributed by atoms with Gasteiger partial charge in [-0.3, -0.25) is 4.79 Å². The maximum atomic E-state index is 12.5. The molecule has 7 nitrogen and oxygen atoms in total. The fourth-order valence-corrected chi connectivity index (χ4v) is 4.53. The Labute approximate surface area is 186 Å². The lowest BCUT2D eigenvalue weighted by molar-refractivity contribution is -0.116. The van der Waals surface area contributed by atoms with Crippen LogP contribution in [0.4, 0.5) is 5.13 Å². The molecule has 3 aromatic rings. The number of thiazole rings is 1. The number of aryl methyl sites for hydroxylation is 1. The summed E-state index contributed by atoms with van der Waals surface area (Å²) in [6.45, 7) is 7.57. The van der Waals surface area contributed by atoms with Gasteiger partial charge in [0.2, 0.25) is 0 Å². The molecule has 1 aromatic carbocycles. The van der Waals surface area contributed by atoms with Gasteiger partial charge in [-0.2, -0.15) is 5.26 Å². The van der Waals surface area contributed by atoms with Gasteiger partial charge in [0.15, 0.2) is 5.13 Å². The largest absolute Gasteiger partial charge is 0.383 e. The summed E-state index contributed by atoms with van der Waals surface area (Å²) in [5.74, 6) is -0.386. The van der Waals surface area contributed by atoms with Gasteiger partial charge in [-0.25, -0.2) is 4.98 Å². The van der Waals surface area contributed by atoms with Crippen LogP contribution < -0.4 is 10.6 Å². The fourth-order valence-electron chi connectivity index (χ4n) is 3.64. The number of nitrogens with zero attached hydrogens (tertiary/aromatic N) is 3. The highest BCUT2D eigenvalue weighted by Crippen LogP contribution is 2.25. The van der Waals surface area contributed by atoms with Crippen molar-refractivity contribution in [1.29, 1.82) is 5.26 Å². The summed E-state index contributed by atoms with van der Waals surface area (Å²) in [5, 5.41) is 16.3. The summed E-state index contributed by atoms with van der Waals surface area (Å²) in [4.78, 5) is 17.0. The minimum Gasteiger partial charge on any atom is -0.383 e. The fraction of sp³-hybridized carbons (Fsp3) is 0.348. The molecule has 0 radical (unpaired) electrons. The number of para-hydroxylation sites is 1. The Balaban J connectivity index is 1.60. The number of nitriles is 1. The van der Waals surface area contributed by atoms with Gasteiger partial charge < -0.3 is 19.9 Å². The molecule has 0 bridgehead atoms. The summed E-state index contributed by atoms with van der Waals surface area (Å²) in [6.07, 6.45) is 1.65. The minimum absolute atomic E-state index is 0.0830. The Hall–Kier alpha value is -3.15. The average molecular weight is 438 g/mol. The Morgan fingerprint density at radius 1 is 1.35 bits per heavy atom. The van der Waals surface area contributed by atoms with Gasteiger partial charge in [0, 0.05) is 31.6 Å². The van der Waals surface area contributed by atoms with Crippen LogP contribution in [-0.4, -0.2) is 42.3 Å². The molecule has 2 heterocycles. The van der Waals surface area contributed by atoms with Crippen molar-refractivity contribution < 1.29 is 9.53 Å². The lowest BCUT2D eigenvalue weighted by Gasteiger charge is -2.17. The molecule has 1 atom stereocenters. The minimum atomic E-state index is -0.386. The monoisotopic (exact) mass is 437 g/mol. The van der Waals surface area contributed by atoms with Crippen LogP contribution in [0.2, 0.25) is 0 Å². The van der Waals surface area contributed by atoms with Gasteiger partial charge in [-0.1, -0.05) is 23.5 Å². The number of hydrogen-bond donors (Lipinski definition) is 2. The first-order chi connectivity index (χ1) is 14.9. The average Bonchev–Trinajstić information content (AvgIpc) is 3.29. The highest BCUT2D eigenvalue weighted by Gasteiger charge is 2.15. The third kappa shape index (κ3) is 5.32. The molecule has 0 unspecified atom stereocenters. The summed E-state index contributed by atoms with van der Waals surface area (Å²) < 4.78 is 8.53. The lowest BCUT2D eigenvalue weighted by Crippen LogP contribution is -2.29. The molecule has 0 spiro atoms. The number of anilines is 1. The molecule has 0 aliphatic carbocycles. The number of hydrogen-bond acceptors (Lipinski definition) is 6. The molecule has 0 saturated heterocycles. The quantitative estimate of drug-likeness (QED) is 0.299. The summed E-state index contributed by atoms with van der Waals surface area (Å²) >= 11 is 1.57. The maximum absolute atomic E-state index is 12.5. The van der Waals surface area contributed by atoms with Gasteiger partial charge in [-0.05, 0) is 50.6 Å². The Morgan fingerprint density at radius 2 is 2.13 bits per heavy atom. The number of benzene rings is 1. The van der Waals surface area contributed by atoms with Crippen LogP contribution >= 0.6 is 11.3 Å². The topological polar surface area (TPSA) is 92.0 Å². The van der Waals surface area contributed by atoms with E-state index >= 15 is 0 Å². The zero-order valence-corrected chi connectivity index (χ0v) is 19.0. The van der Waals surface area contributed by atoms with Crippen LogP contribution in [0.3, 0.4) is 0 Å². The molecule has 162 valence electrons. The molecule has 0 saturated carbocycles. The number of amides is 1. The van der Waals surface area contributed by atoms with E-state index in [9.17, 15) is 10.1 Å². The number of rotatable bonds is 9. The molecule has 1 amide bonds. The summed E-state index contributed by atoms with van der Waals surface area (Å²) in [7, 11) is 1.68. The number of aromatic nitrogens is 2. The first-order valence-corrected chi connectivity index (χ1v) is 10.9. The van der Waals surface area contributed by atoms with E-state index in [-0.39, 0.29) is 17.5 Å². The van der Waals surface area contributed by atoms with Crippen molar-refractivity contribution in [3.63, 3.8) is 0 Å². The van der Waals surface area contributed by atoms with Crippen molar-refractivity contribution in [3.8, 4) is 6.07 Å². The molecular formula is C23H27N5O2S. The number of ether oxygens (including phenoxy) is 1. The van der Waals surface area contributed by atoms with E-state index in [1.807, 2.05) is 50.2 Å². The number of fused-ring (bicyclic) bond motifs is 1. The lowest BCUT2D eigenvalue weighted by atomic mass is 10.1. The van der Waals surface area contributed by atoms with E-state index in [0.29, 0.717) is 19.7 Å². The molecular weight excluding hydrogens is 410 g/mol. The van der Waals surface area contributed by atoms with Crippen LogP contribution in [0.1, 0.15) is 29.9 Å². The number of methoxy groups -OCH3 is 1. The van der Waals surface area contributed by atoms with Crippen molar-refractivity contribution in [2.24, 2.45) is 0 Å². The molecule has 0 aliphatic heterocycles. The van der Waals surface area contributed by atoms with Crippen molar-refractivity contribution in [2.75, 3.05) is 32.1 Å². The van der Waals surface area contributed by atoms with Crippen LogP contribution in [0.15, 0.2) is 35.9 Å². The Morgan fingerprint density at radius 3 is 2.84 bits per heavy atom. The molecule has 31 heavy (non-hydrogen) atoms. The number of carbonyl (C=O) groups excluding carboxylic acids is 1. The normalized spacial score (nSPS) is 12.5. The maximum Gasteiger partial charge on any atom is 0.262 e. The number of nitrogens with one attached hydrogen (secondary N) is 2. The van der Waals surface area contributed by atoms with Crippen molar-refractivity contribution in [3.05, 3.63) is 52.9 Å². The molecule has 8 heteroatoms. The molecule has 3 rings (SSSR count). The van der Waals surface area contributed by atoms with E-state index in [1.165, 1.54) is 0 Å². The smallest absolute Gasteiger partial charge is 0.262 e. The Bertz CT molecular complexity index is 1110. The number of carbonyl (C=O) groups is 1. The van der Waals surface area contributed by atoms with Crippen LogP contribution in [-0.2, 0) is 9.53 Å². The Kier molecular flexibility index (Phi) is 7.45. The second-order valence-electron chi connectivity index (χ2n) is 7.34. The highest BCUT2D eigenvalue weighted by molar-refractivity contribution is 7.22. The SMILES string of the molecule is COC[C@H](C)n1c(C)cc(/C=C(/C#N)C(=O)NCCNc2nc3ccccc3s2)c1C. The van der Waals surface area contributed by atoms with Gasteiger partial charge in [-0.15, -0.1) is 0 Å². The van der Waals surface area contributed by atoms with Crippen LogP contribution in [0.5, 0.6) is 0 Å². The van der Waals surface area contributed by atoms with Crippen molar-refractivity contribution in [1.82, 2.24) is 14.9 Å². The van der Waals surface area contributed by atoms with Gasteiger partial charge >= 0.3 is 0 Å². The molecule has 0 aliphatic rings.